The molecule has 0 unspecified atom stereocenters. The van der Waals surface area contributed by atoms with Crippen LogP contribution in [0.2, 0.25) is 0 Å². The minimum absolute atomic E-state index is 0.0527. The molecule has 0 spiro atoms. The smallest absolute Gasteiger partial charge is 0.272 e. The second-order valence-electron chi connectivity index (χ2n) is 10.2. The molecule has 202 valence electrons. The summed E-state index contributed by atoms with van der Waals surface area (Å²) in [5.74, 6) is -2.31. The lowest BCUT2D eigenvalue weighted by molar-refractivity contribution is -0.126. The highest BCUT2D eigenvalue weighted by Gasteiger charge is 2.37. The van der Waals surface area contributed by atoms with Crippen LogP contribution < -0.4 is 10.6 Å². The van der Waals surface area contributed by atoms with Crippen molar-refractivity contribution in [3.63, 3.8) is 0 Å². The highest BCUT2D eigenvalue weighted by molar-refractivity contribution is 5.98. The third-order valence-electron chi connectivity index (χ3n) is 7.10. The molecule has 2 atom stereocenters. The SMILES string of the molecule is CC(C)[C@@H]1CN(C(=O)c2ccccn2)CC(=O)NCCCc2ccc(F)c(c2)C(=O)N2CCC[C@H]2C(=O)N1. The number of pyridine rings is 1. The van der Waals surface area contributed by atoms with E-state index in [0.29, 0.717) is 38.8 Å². The molecule has 2 N–H and O–H groups in total. The van der Waals surface area contributed by atoms with Gasteiger partial charge in [-0.2, -0.15) is 0 Å². The van der Waals surface area contributed by atoms with Crippen molar-refractivity contribution >= 4 is 23.6 Å². The summed E-state index contributed by atoms with van der Waals surface area (Å²) in [6, 6.07) is 8.18. The molecule has 1 saturated heterocycles. The average Bonchev–Trinajstić information content (AvgIpc) is 3.40. The van der Waals surface area contributed by atoms with Gasteiger partial charge in [-0.1, -0.05) is 26.0 Å². The first-order valence-corrected chi connectivity index (χ1v) is 13.1. The molecule has 1 aromatic carbocycles. The molecular formula is C28H34FN5O4. The Kier molecular flexibility index (Phi) is 8.70. The Hall–Kier alpha value is -3.82. The lowest BCUT2D eigenvalue weighted by atomic mass is 10.0. The molecular weight excluding hydrogens is 489 g/mol. The second-order valence-corrected chi connectivity index (χ2v) is 10.2. The van der Waals surface area contributed by atoms with Gasteiger partial charge in [-0.05, 0) is 61.4 Å². The summed E-state index contributed by atoms with van der Waals surface area (Å²) >= 11 is 0. The zero-order valence-corrected chi connectivity index (χ0v) is 21.8. The Labute approximate surface area is 221 Å². The third-order valence-corrected chi connectivity index (χ3v) is 7.10. The molecule has 2 aliphatic heterocycles. The van der Waals surface area contributed by atoms with E-state index >= 15 is 0 Å². The first-order valence-electron chi connectivity index (χ1n) is 13.1. The van der Waals surface area contributed by atoms with E-state index < -0.39 is 29.7 Å². The first-order chi connectivity index (χ1) is 18.2. The summed E-state index contributed by atoms with van der Waals surface area (Å²) in [4.78, 5) is 59.9. The largest absolute Gasteiger partial charge is 0.355 e. The molecule has 1 aromatic heterocycles. The van der Waals surface area contributed by atoms with Crippen LogP contribution in [0.4, 0.5) is 4.39 Å². The number of aromatic nitrogens is 1. The number of hydrogen-bond acceptors (Lipinski definition) is 5. The van der Waals surface area contributed by atoms with E-state index in [0.717, 1.165) is 5.56 Å². The minimum Gasteiger partial charge on any atom is -0.355 e. The van der Waals surface area contributed by atoms with Crippen LogP contribution >= 0.6 is 0 Å². The van der Waals surface area contributed by atoms with Gasteiger partial charge in [0.25, 0.3) is 11.8 Å². The van der Waals surface area contributed by atoms with E-state index in [1.165, 1.54) is 28.1 Å². The maximum absolute atomic E-state index is 14.7. The highest BCUT2D eigenvalue weighted by Crippen LogP contribution is 2.23. The number of rotatable bonds is 2. The van der Waals surface area contributed by atoms with Crippen LogP contribution in [-0.2, 0) is 16.0 Å². The zero-order chi connectivity index (χ0) is 27.2. The van der Waals surface area contributed by atoms with Crippen LogP contribution in [0.5, 0.6) is 0 Å². The van der Waals surface area contributed by atoms with Crippen molar-refractivity contribution in [2.75, 3.05) is 26.2 Å². The van der Waals surface area contributed by atoms with Crippen LogP contribution in [-0.4, -0.2) is 76.7 Å². The Bertz CT molecular complexity index is 1190. The molecule has 4 rings (SSSR count). The van der Waals surface area contributed by atoms with Crippen LogP contribution in [0.15, 0.2) is 42.6 Å². The summed E-state index contributed by atoms with van der Waals surface area (Å²) in [5, 5.41) is 5.84. The monoisotopic (exact) mass is 523 g/mol. The van der Waals surface area contributed by atoms with Gasteiger partial charge in [0.2, 0.25) is 11.8 Å². The summed E-state index contributed by atoms with van der Waals surface area (Å²) in [7, 11) is 0. The van der Waals surface area contributed by atoms with Gasteiger partial charge < -0.3 is 20.4 Å². The molecule has 2 aromatic rings. The van der Waals surface area contributed by atoms with Gasteiger partial charge >= 0.3 is 0 Å². The summed E-state index contributed by atoms with van der Waals surface area (Å²) in [6.07, 6.45) is 3.69. The molecule has 2 bridgehead atoms. The minimum atomic E-state index is -0.745. The van der Waals surface area contributed by atoms with Crippen LogP contribution in [0.1, 0.15) is 59.5 Å². The fourth-order valence-corrected chi connectivity index (χ4v) is 4.89. The molecule has 9 nitrogen and oxygen atoms in total. The van der Waals surface area contributed by atoms with Gasteiger partial charge in [0.1, 0.15) is 17.6 Å². The second kappa shape index (κ2) is 12.1. The van der Waals surface area contributed by atoms with E-state index in [2.05, 4.69) is 15.6 Å². The molecule has 3 heterocycles. The van der Waals surface area contributed by atoms with Crippen molar-refractivity contribution in [1.82, 2.24) is 25.4 Å². The number of nitrogens with one attached hydrogen (secondary N) is 2. The van der Waals surface area contributed by atoms with Crippen molar-refractivity contribution < 1.29 is 23.6 Å². The van der Waals surface area contributed by atoms with Gasteiger partial charge in [-0.3, -0.25) is 24.2 Å². The average molecular weight is 524 g/mol. The predicted molar refractivity (Wildman–Crippen MR) is 139 cm³/mol. The van der Waals surface area contributed by atoms with Crippen molar-refractivity contribution in [2.45, 2.75) is 51.6 Å². The van der Waals surface area contributed by atoms with Crippen LogP contribution in [0, 0.1) is 11.7 Å². The number of nitrogens with zero attached hydrogens (tertiary/aromatic N) is 3. The predicted octanol–water partition coefficient (Wildman–Crippen LogP) is 2.17. The van der Waals surface area contributed by atoms with E-state index in [1.54, 1.807) is 24.3 Å². The van der Waals surface area contributed by atoms with Crippen LogP contribution in [0.3, 0.4) is 0 Å². The Morgan fingerprint density at radius 2 is 1.95 bits per heavy atom. The zero-order valence-electron chi connectivity index (χ0n) is 21.8. The molecule has 10 heteroatoms. The number of benzene rings is 1. The lowest BCUT2D eigenvalue weighted by Crippen LogP contribution is -2.55. The summed E-state index contributed by atoms with van der Waals surface area (Å²) in [6.45, 7) is 4.43. The molecule has 38 heavy (non-hydrogen) atoms. The van der Waals surface area contributed by atoms with Gasteiger partial charge in [0.05, 0.1) is 12.1 Å². The standard InChI is InChI=1S/C28H34FN5O4/c1-18(2)23-16-33(28(38)22-8-3-4-12-30-22)17-25(35)31-13-5-7-19-10-11-21(29)20(15-19)27(37)34-14-6-9-24(34)26(36)32-23/h3-4,8,10-12,15,18,23-24H,5-7,9,13-14,16-17H2,1-2H3,(H,31,35)(H,32,36)/t23-,24-/m0/s1. The molecule has 0 aliphatic carbocycles. The van der Waals surface area contributed by atoms with Gasteiger partial charge in [-0.25, -0.2) is 4.39 Å². The third kappa shape index (κ3) is 6.35. The maximum atomic E-state index is 14.7. The van der Waals surface area contributed by atoms with Crippen molar-refractivity contribution in [3.05, 3.63) is 65.2 Å². The van der Waals surface area contributed by atoms with Crippen molar-refractivity contribution in [3.8, 4) is 0 Å². The number of fused-ring (bicyclic) bond motifs is 3. The number of hydrogen-bond donors (Lipinski definition) is 2. The van der Waals surface area contributed by atoms with Crippen molar-refractivity contribution in [2.24, 2.45) is 5.92 Å². The first kappa shape index (κ1) is 27.2. The number of carbonyl (C=O) groups is 4. The van der Waals surface area contributed by atoms with Gasteiger partial charge in [0, 0.05) is 31.9 Å². The topological polar surface area (TPSA) is 112 Å². The normalized spacial score (nSPS) is 21.5. The number of carbonyl (C=O) groups excluding carboxylic acids is 4. The quantitative estimate of drug-likeness (QED) is 0.627. The van der Waals surface area contributed by atoms with E-state index in [9.17, 15) is 23.6 Å². The van der Waals surface area contributed by atoms with Gasteiger partial charge in [0.15, 0.2) is 0 Å². The number of aryl methyl sites for hydroxylation is 1. The Morgan fingerprint density at radius 1 is 1.13 bits per heavy atom. The molecule has 4 amide bonds. The van der Waals surface area contributed by atoms with Crippen LogP contribution in [0.25, 0.3) is 0 Å². The van der Waals surface area contributed by atoms with Crippen molar-refractivity contribution in [1.29, 1.82) is 0 Å². The summed E-state index contributed by atoms with van der Waals surface area (Å²) < 4.78 is 14.7. The molecule has 2 aliphatic rings. The van der Waals surface area contributed by atoms with E-state index in [-0.39, 0.29) is 42.1 Å². The molecule has 0 radical (unpaired) electrons. The van der Waals surface area contributed by atoms with E-state index in [4.69, 9.17) is 0 Å². The Morgan fingerprint density at radius 3 is 2.68 bits per heavy atom. The van der Waals surface area contributed by atoms with E-state index in [1.807, 2.05) is 13.8 Å². The fraction of sp³-hybridized carbons (Fsp3) is 0.464. The summed E-state index contributed by atoms with van der Waals surface area (Å²) in [5.41, 5.74) is 0.914. The highest BCUT2D eigenvalue weighted by atomic mass is 19.1. The fourth-order valence-electron chi connectivity index (χ4n) is 4.89. The molecule has 1 fully saturated rings. The van der Waals surface area contributed by atoms with Gasteiger partial charge in [-0.15, -0.1) is 0 Å². The lowest BCUT2D eigenvalue weighted by Gasteiger charge is -2.32. The maximum Gasteiger partial charge on any atom is 0.272 e. The Balaban J connectivity index is 1.65. The number of amides is 4. The molecule has 0 saturated carbocycles. The number of halogens is 1.